The number of halogens is 1. The van der Waals surface area contributed by atoms with Gasteiger partial charge >= 0.3 is 5.95 Å². The maximum atomic E-state index is 13.2. The minimum absolute atomic E-state index is 0.0360. The van der Waals surface area contributed by atoms with Crippen molar-refractivity contribution in [3.63, 3.8) is 0 Å². The highest BCUT2D eigenvalue weighted by atomic mass is 19.1. The lowest BCUT2D eigenvalue weighted by Crippen LogP contribution is -2.37. The van der Waals surface area contributed by atoms with Gasteiger partial charge in [-0.3, -0.25) is 9.59 Å². The average molecular weight is 427 g/mol. The van der Waals surface area contributed by atoms with Crippen LogP contribution in [0.15, 0.2) is 108 Å². The molecule has 4 aromatic rings. The fraction of sp³-hybridized carbons (Fsp3) is 0.0800. The largest absolute Gasteiger partial charge is 0.422 e. The van der Waals surface area contributed by atoms with Crippen LogP contribution in [0, 0.1) is 5.82 Å². The molecule has 4 rings (SSSR count). The first-order valence-corrected chi connectivity index (χ1v) is 10.0. The van der Waals surface area contributed by atoms with Crippen LogP contribution < -0.4 is 4.57 Å². The van der Waals surface area contributed by atoms with E-state index in [2.05, 4.69) is 10.2 Å². The molecule has 0 spiro atoms. The number of hydrogen-bond donors (Lipinski definition) is 0. The van der Waals surface area contributed by atoms with Crippen LogP contribution in [0.2, 0.25) is 0 Å². The van der Waals surface area contributed by atoms with Gasteiger partial charge in [0.25, 0.3) is 0 Å². The van der Waals surface area contributed by atoms with Crippen molar-refractivity contribution in [3.05, 3.63) is 114 Å². The summed E-state index contributed by atoms with van der Waals surface area (Å²) in [5.41, 5.74) is 1.61. The Hall–Kier alpha value is -4.26. The SMILES string of the molecule is O=C(Cn1cc[n+](CC(=O)c2ccccc2)c1N=Nc1ccc(F)cc1)c1ccccc1. The van der Waals surface area contributed by atoms with Crippen LogP contribution in [0.5, 0.6) is 0 Å². The van der Waals surface area contributed by atoms with Gasteiger partial charge in [0.15, 0.2) is 11.6 Å². The van der Waals surface area contributed by atoms with Crippen LogP contribution in [0.4, 0.5) is 16.0 Å². The number of carbonyl (C=O) groups is 2. The van der Waals surface area contributed by atoms with E-state index in [1.165, 1.54) is 24.3 Å². The van der Waals surface area contributed by atoms with E-state index >= 15 is 0 Å². The number of imidazole rings is 1. The van der Waals surface area contributed by atoms with Crippen molar-refractivity contribution < 1.29 is 18.5 Å². The quantitative estimate of drug-likeness (QED) is 0.223. The second-order valence-electron chi connectivity index (χ2n) is 7.11. The molecule has 0 unspecified atom stereocenters. The molecule has 0 N–H and O–H groups in total. The predicted octanol–water partition coefficient (Wildman–Crippen LogP) is 5.10. The molecule has 32 heavy (non-hydrogen) atoms. The molecule has 0 amide bonds. The van der Waals surface area contributed by atoms with E-state index in [9.17, 15) is 14.0 Å². The normalized spacial score (nSPS) is 11.0. The molecule has 0 aliphatic heterocycles. The van der Waals surface area contributed by atoms with Crippen molar-refractivity contribution in [2.24, 2.45) is 10.2 Å². The number of carbonyl (C=O) groups excluding carboxylic acids is 2. The van der Waals surface area contributed by atoms with E-state index in [4.69, 9.17) is 0 Å². The van der Waals surface area contributed by atoms with Crippen molar-refractivity contribution in [1.82, 2.24) is 4.57 Å². The van der Waals surface area contributed by atoms with Crippen LogP contribution >= 0.6 is 0 Å². The van der Waals surface area contributed by atoms with E-state index in [-0.39, 0.29) is 30.5 Å². The summed E-state index contributed by atoms with van der Waals surface area (Å²) in [7, 11) is 0. The molecule has 7 heteroatoms. The maximum Gasteiger partial charge on any atom is 0.422 e. The first-order chi connectivity index (χ1) is 15.6. The zero-order valence-corrected chi connectivity index (χ0v) is 17.1. The third kappa shape index (κ3) is 5.07. The molecule has 0 bridgehead atoms. The van der Waals surface area contributed by atoms with Gasteiger partial charge in [0.1, 0.15) is 24.6 Å². The van der Waals surface area contributed by atoms with Gasteiger partial charge in [0.2, 0.25) is 0 Å². The molecular weight excluding hydrogens is 407 g/mol. The fourth-order valence-corrected chi connectivity index (χ4v) is 3.17. The van der Waals surface area contributed by atoms with Gasteiger partial charge in [-0.1, -0.05) is 65.8 Å². The number of azo groups is 1. The van der Waals surface area contributed by atoms with E-state index in [0.29, 0.717) is 22.8 Å². The Morgan fingerprint density at radius 3 is 2.00 bits per heavy atom. The topological polar surface area (TPSA) is 67.7 Å². The van der Waals surface area contributed by atoms with E-state index in [1.807, 2.05) is 12.1 Å². The number of hydrogen-bond acceptors (Lipinski definition) is 4. The number of ketones is 2. The molecular formula is C25H20FN4O2+. The lowest BCUT2D eigenvalue weighted by molar-refractivity contribution is -0.669. The standard InChI is InChI=1S/C25H20FN4O2/c26-21-11-13-22(14-12-21)27-28-25-29(17-23(31)19-7-3-1-4-8-19)15-16-30(25)18-24(32)20-9-5-2-6-10-20/h1-16H,17-18H2/q+1. The summed E-state index contributed by atoms with van der Waals surface area (Å²) in [6.07, 6.45) is 3.39. The van der Waals surface area contributed by atoms with E-state index in [1.54, 1.807) is 70.1 Å². The molecule has 0 saturated heterocycles. The molecule has 1 heterocycles. The highest BCUT2D eigenvalue weighted by Crippen LogP contribution is 2.17. The minimum Gasteiger partial charge on any atom is -0.291 e. The van der Waals surface area contributed by atoms with Crippen molar-refractivity contribution in [3.8, 4) is 0 Å². The Bertz CT molecular complexity index is 1180. The van der Waals surface area contributed by atoms with Gasteiger partial charge in [-0.15, -0.1) is 0 Å². The van der Waals surface area contributed by atoms with Crippen molar-refractivity contribution >= 4 is 23.2 Å². The lowest BCUT2D eigenvalue weighted by Gasteiger charge is -2.02. The van der Waals surface area contributed by atoms with Crippen LogP contribution in [0.3, 0.4) is 0 Å². The fourth-order valence-electron chi connectivity index (χ4n) is 3.17. The Labute approximate surface area is 184 Å². The molecule has 0 aliphatic rings. The summed E-state index contributed by atoms with van der Waals surface area (Å²) in [5, 5.41) is 8.45. The third-order valence-electron chi connectivity index (χ3n) is 4.84. The molecule has 158 valence electrons. The summed E-state index contributed by atoms with van der Waals surface area (Å²) in [6, 6.07) is 23.5. The summed E-state index contributed by atoms with van der Waals surface area (Å²) < 4.78 is 16.5. The van der Waals surface area contributed by atoms with Crippen LogP contribution in [0.25, 0.3) is 0 Å². The second kappa shape index (κ2) is 9.70. The first-order valence-electron chi connectivity index (χ1n) is 10.0. The average Bonchev–Trinajstić information content (AvgIpc) is 3.20. The lowest BCUT2D eigenvalue weighted by atomic mass is 10.1. The summed E-state index contributed by atoms with van der Waals surface area (Å²) in [6.45, 7) is 0.0720. The van der Waals surface area contributed by atoms with Crippen molar-refractivity contribution in [2.45, 2.75) is 13.1 Å². The number of nitrogens with zero attached hydrogens (tertiary/aromatic N) is 4. The predicted molar refractivity (Wildman–Crippen MR) is 117 cm³/mol. The van der Waals surface area contributed by atoms with Crippen LogP contribution in [-0.4, -0.2) is 16.1 Å². The molecule has 3 aromatic carbocycles. The molecule has 0 atom stereocenters. The molecule has 0 aliphatic carbocycles. The van der Waals surface area contributed by atoms with Crippen LogP contribution in [-0.2, 0) is 13.1 Å². The summed E-state index contributed by atoms with van der Waals surface area (Å²) >= 11 is 0. The summed E-state index contributed by atoms with van der Waals surface area (Å²) in [4.78, 5) is 25.4. The smallest absolute Gasteiger partial charge is 0.291 e. The highest BCUT2D eigenvalue weighted by molar-refractivity contribution is 5.96. The monoisotopic (exact) mass is 427 g/mol. The Morgan fingerprint density at radius 2 is 1.38 bits per heavy atom. The molecule has 1 aromatic heterocycles. The minimum atomic E-state index is -0.371. The Morgan fingerprint density at radius 1 is 0.781 bits per heavy atom. The van der Waals surface area contributed by atoms with Crippen molar-refractivity contribution in [1.29, 1.82) is 0 Å². The second-order valence-corrected chi connectivity index (χ2v) is 7.11. The molecule has 0 fully saturated rings. The summed E-state index contributed by atoms with van der Waals surface area (Å²) in [5.74, 6) is -0.228. The van der Waals surface area contributed by atoms with Crippen molar-refractivity contribution in [2.75, 3.05) is 0 Å². The van der Waals surface area contributed by atoms with Gasteiger partial charge in [-0.05, 0) is 24.3 Å². The third-order valence-corrected chi connectivity index (χ3v) is 4.84. The van der Waals surface area contributed by atoms with Gasteiger partial charge in [-0.25, -0.2) is 13.5 Å². The zero-order chi connectivity index (χ0) is 22.3. The number of aromatic nitrogens is 2. The van der Waals surface area contributed by atoms with E-state index < -0.39 is 0 Å². The number of rotatable bonds is 8. The number of benzene rings is 3. The molecule has 6 nitrogen and oxygen atoms in total. The van der Waals surface area contributed by atoms with Gasteiger partial charge in [0, 0.05) is 16.2 Å². The van der Waals surface area contributed by atoms with Gasteiger partial charge in [-0.2, -0.15) is 0 Å². The van der Waals surface area contributed by atoms with Gasteiger partial charge in [0.05, 0.1) is 12.4 Å². The Kier molecular flexibility index (Phi) is 6.36. The van der Waals surface area contributed by atoms with Gasteiger partial charge < -0.3 is 0 Å². The number of Topliss-reactive ketones (excluding diaryl/α,β-unsaturated/α-hetero) is 2. The maximum absolute atomic E-state index is 13.2. The molecule has 0 saturated carbocycles. The zero-order valence-electron chi connectivity index (χ0n) is 17.1. The Balaban J connectivity index is 1.64. The first kappa shape index (κ1) is 21.0. The molecule has 0 radical (unpaired) electrons. The van der Waals surface area contributed by atoms with E-state index in [0.717, 1.165) is 0 Å². The highest BCUT2D eigenvalue weighted by Gasteiger charge is 2.22. The van der Waals surface area contributed by atoms with Crippen LogP contribution in [0.1, 0.15) is 20.7 Å².